The number of sulfonamides is 1. The summed E-state index contributed by atoms with van der Waals surface area (Å²) in [6, 6.07) is 13.4. The Bertz CT molecular complexity index is 1060. The van der Waals surface area contributed by atoms with Crippen LogP contribution in [-0.2, 0) is 26.2 Å². The molecule has 1 N–H and O–H groups in total. The van der Waals surface area contributed by atoms with Gasteiger partial charge in [-0.2, -0.15) is 0 Å². The molecule has 0 aromatic heterocycles. The monoisotopic (exact) mass is 461 g/mol. The SMILES string of the molecule is CC[C@@H](C(=O)NC)N(Cc1cccc(OC)c1)C(=O)CN(c1cccc(C)c1)S(C)(=O)=O. The summed E-state index contributed by atoms with van der Waals surface area (Å²) in [6.07, 6.45) is 1.43. The highest BCUT2D eigenvalue weighted by Crippen LogP contribution is 2.21. The topological polar surface area (TPSA) is 96.0 Å². The third kappa shape index (κ3) is 6.46. The van der Waals surface area contributed by atoms with Crippen molar-refractivity contribution in [2.75, 3.05) is 31.3 Å². The van der Waals surface area contributed by atoms with Gasteiger partial charge in [0.25, 0.3) is 0 Å². The highest BCUT2D eigenvalue weighted by atomic mass is 32.2. The van der Waals surface area contributed by atoms with Gasteiger partial charge in [-0.1, -0.05) is 31.2 Å². The summed E-state index contributed by atoms with van der Waals surface area (Å²) in [5.74, 6) is -0.166. The first-order chi connectivity index (χ1) is 15.1. The van der Waals surface area contributed by atoms with Gasteiger partial charge in [-0.25, -0.2) is 8.42 Å². The Morgan fingerprint density at radius 3 is 2.38 bits per heavy atom. The molecule has 2 aromatic rings. The fourth-order valence-corrected chi connectivity index (χ4v) is 4.29. The minimum atomic E-state index is -3.74. The molecule has 0 heterocycles. The Morgan fingerprint density at radius 1 is 1.12 bits per heavy atom. The van der Waals surface area contributed by atoms with Crippen LogP contribution in [0.3, 0.4) is 0 Å². The van der Waals surface area contributed by atoms with Crippen molar-refractivity contribution in [2.24, 2.45) is 0 Å². The van der Waals surface area contributed by atoms with E-state index in [9.17, 15) is 18.0 Å². The normalized spacial score (nSPS) is 12.0. The van der Waals surface area contributed by atoms with Crippen molar-refractivity contribution in [3.8, 4) is 5.75 Å². The lowest BCUT2D eigenvalue weighted by molar-refractivity contribution is -0.140. The van der Waals surface area contributed by atoms with Crippen molar-refractivity contribution < 1.29 is 22.7 Å². The molecule has 0 spiro atoms. The van der Waals surface area contributed by atoms with E-state index in [4.69, 9.17) is 4.74 Å². The third-order valence-electron chi connectivity index (χ3n) is 5.09. The maximum atomic E-state index is 13.4. The molecule has 1 atom stereocenters. The molecule has 9 heteroatoms. The molecular weight excluding hydrogens is 430 g/mol. The average molecular weight is 462 g/mol. The van der Waals surface area contributed by atoms with Crippen LogP contribution in [0.25, 0.3) is 0 Å². The molecule has 8 nitrogen and oxygen atoms in total. The molecule has 0 saturated carbocycles. The summed E-state index contributed by atoms with van der Waals surface area (Å²) < 4.78 is 31.4. The first kappa shape index (κ1) is 25.2. The zero-order valence-electron chi connectivity index (χ0n) is 19.2. The van der Waals surface area contributed by atoms with Crippen LogP contribution in [0.15, 0.2) is 48.5 Å². The second kappa shape index (κ2) is 11.0. The van der Waals surface area contributed by atoms with Crippen LogP contribution in [0.2, 0.25) is 0 Å². The Balaban J connectivity index is 2.43. The second-order valence-corrected chi connectivity index (χ2v) is 9.43. The van der Waals surface area contributed by atoms with E-state index in [1.807, 2.05) is 19.1 Å². The van der Waals surface area contributed by atoms with Crippen LogP contribution in [0.5, 0.6) is 5.75 Å². The highest BCUT2D eigenvalue weighted by Gasteiger charge is 2.31. The number of benzene rings is 2. The average Bonchev–Trinajstić information content (AvgIpc) is 2.76. The summed E-state index contributed by atoms with van der Waals surface area (Å²) in [5.41, 5.74) is 2.03. The van der Waals surface area contributed by atoms with Crippen LogP contribution in [-0.4, -0.2) is 58.1 Å². The Kier molecular flexibility index (Phi) is 8.65. The van der Waals surface area contributed by atoms with Gasteiger partial charge in [0.2, 0.25) is 21.8 Å². The molecule has 0 aliphatic rings. The van der Waals surface area contributed by atoms with Gasteiger partial charge in [-0.05, 0) is 48.7 Å². The van der Waals surface area contributed by atoms with Gasteiger partial charge in [0.15, 0.2) is 0 Å². The molecular formula is C23H31N3O5S. The number of methoxy groups -OCH3 is 1. The lowest BCUT2D eigenvalue weighted by atomic mass is 10.1. The summed E-state index contributed by atoms with van der Waals surface area (Å²) >= 11 is 0. The van der Waals surface area contributed by atoms with E-state index in [0.717, 1.165) is 21.7 Å². The highest BCUT2D eigenvalue weighted by molar-refractivity contribution is 7.92. The first-order valence-electron chi connectivity index (χ1n) is 10.3. The molecule has 174 valence electrons. The number of anilines is 1. The van der Waals surface area contributed by atoms with Crippen molar-refractivity contribution in [3.05, 3.63) is 59.7 Å². The van der Waals surface area contributed by atoms with Crippen LogP contribution in [0.1, 0.15) is 24.5 Å². The largest absolute Gasteiger partial charge is 0.497 e. The van der Waals surface area contributed by atoms with Crippen molar-refractivity contribution in [1.82, 2.24) is 10.2 Å². The fourth-order valence-electron chi connectivity index (χ4n) is 3.45. The molecule has 0 aliphatic heterocycles. The lowest BCUT2D eigenvalue weighted by Gasteiger charge is -2.32. The zero-order chi connectivity index (χ0) is 23.9. The molecule has 0 bridgehead atoms. The Morgan fingerprint density at radius 2 is 1.81 bits per heavy atom. The number of ether oxygens (including phenoxy) is 1. The molecule has 2 rings (SSSR count). The van der Waals surface area contributed by atoms with E-state index in [1.165, 1.54) is 11.9 Å². The Hall–Kier alpha value is -3.07. The van der Waals surface area contributed by atoms with Crippen molar-refractivity contribution in [1.29, 1.82) is 0 Å². The minimum Gasteiger partial charge on any atom is -0.497 e. The number of hydrogen-bond donors (Lipinski definition) is 1. The smallest absolute Gasteiger partial charge is 0.244 e. The van der Waals surface area contributed by atoms with Gasteiger partial charge in [0.05, 0.1) is 19.1 Å². The first-order valence-corrected chi connectivity index (χ1v) is 12.1. The third-order valence-corrected chi connectivity index (χ3v) is 6.23. The predicted octanol–water partition coefficient (Wildman–Crippen LogP) is 2.32. The summed E-state index contributed by atoms with van der Waals surface area (Å²) in [7, 11) is -0.682. The number of likely N-dealkylation sites (N-methyl/N-ethyl adjacent to an activating group) is 1. The van der Waals surface area contributed by atoms with Gasteiger partial charge in [0.1, 0.15) is 18.3 Å². The van der Waals surface area contributed by atoms with E-state index in [1.54, 1.807) is 50.4 Å². The standard InChI is InChI=1S/C23H31N3O5S/c1-6-21(23(28)24-3)25(15-18-10-8-12-20(14-18)31-4)22(27)16-26(32(5,29)30)19-11-7-9-17(2)13-19/h7-14,21H,6,15-16H2,1-5H3,(H,24,28)/t21-/m0/s1. The molecule has 32 heavy (non-hydrogen) atoms. The second-order valence-electron chi connectivity index (χ2n) is 7.52. The number of aryl methyl sites for hydroxylation is 1. The van der Waals surface area contributed by atoms with E-state index in [0.29, 0.717) is 17.9 Å². The van der Waals surface area contributed by atoms with Crippen molar-refractivity contribution in [2.45, 2.75) is 32.9 Å². The van der Waals surface area contributed by atoms with Gasteiger partial charge < -0.3 is 15.0 Å². The number of nitrogens with zero attached hydrogens (tertiary/aromatic N) is 2. The molecule has 2 amide bonds. The van der Waals surface area contributed by atoms with Gasteiger partial charge in [-0.3, -0.25) is 13.9 Å². The number of carbonyl (C=O) groups excluding carboxylic acids is 2. The van der Waals surface area contributed by atoms with Gasteiger partial charge >= 0.3 is 0 Å². The number of carbonyl (C=O) groups is 2. The van der Waals surface area contributed by atoms with Crippen molar-refractivity contribution >= 4 is 27.5 Å². The van der Waals surface area contributed by atoms with Crippen LogP contribution in [0.4, 0.5) is 5.69 Å². The molecule has 0 unspecified atom stereocenters. The maximum Gasteiger partial charge on any atom is 0.244 e. The number of hydrogen-bond acceptors (Lipinski definition) is 5. The molecule has 0 radical (unpaired) electrons. The molecule has 0 saturated heterocycles. The van der Waals surface area contributed by atoms with Gasteiger partial charge in [-0.15, -0.1) is 0 Å². The van der Waals surface area contributed by atoms with E-state index in [2.05, 4.69) is 5.32 Å². The quantitative estimate of drug-likeness (QED) is 0.586. The summed E-state index contributed by atoms with van der Waals surface area (Å²) in [4.78, 5) is 27.4. The van der Waals surface area contributed by atoms with Crippen molar-refractivity contribution in [3.63, 3.8) is 0 Å². The molecule has 0 fully saturated rings. The predicted molar refractivity (Wildman–Crippen MR) is 125 cm³/mol. The fraction of sp³-hybridized carbons (Fsp3) is 0.391. The molecule has 2 aromatic carbocycles. The van der Waals surface area contributed by atoms with E-state index >= 15 is 0 Å². The number of rotatable bonds is 10. The summed E-state index contributed by atoms with van der Waals surface area (Å²) in [5, 5.41) is 2.59. The van der Waals surface area contributed by atoms with Crippen LogP contribution >= 0.6 is 0 Å². The zero-order valence-corrected chi connectivity index (χ0v) is 20.0. The maximum absolute atomic E-state index is 13.4. The minimum absolute atomic E-state index is 0.132. The van der Waals surface area contributed by atoms with E-state index < -0.39 is 28.5 Å². The summed E-state index contributed by atoms with van der Waals surface area (Å²) in [6.45, 7) is 3.37. The number of amides is 2. The Labute approximate surface area is 190 Å². The molecule has 0 aliphatic carbocycles. The van der Waals surface area contributed by atoms with Crippen LogP contribution in [0, 0.1) is 6.92 Å². The van der Waals surface area contributed by atoms with Crippen LogP contribution < -0.4 is 14.4 Å². The van der Waals surface area contributed by atoms with E-state index in [-0.39, 0.29) is 12.5 Å². The number of nitrogens with one attached hydrogen (secondary N) is 1. The van der Waals surface area contributed by atoms with Gasteiger partial charge in [0, 0.05) is 13.6 Å². The lowest BCUT2D eigenvalue weighted by Crippen LogP contribution is -2.51.